The van der Waals surface area contributed by atoms with E-state index in [0.717, 1.165) is 55.6 Å². The molecule has 0 radical (unpaired) electrons. The van der Waals surface area contributed by atoms with Crippen LogP contribution >= 0.6 is 0 Å². The van der Waals surface area contributed by atoms with Gasteiger partial charge in [0.05, 0.1) is 0 Å². The molecule has 1 atom stereocenters. The maximum Gasteiger partial charge on any atom is 0.159 e. The average Bonchev–Trinajstić information content (AvgIpc) is 3.67. The molecule has 1 N–H and O–H groups in total. The second kappa shape index (κ2) is 12.5. The molecule has 0 bridgehead atoms. The van der Waals surface area contributed by atoms with Crippen LogP contribution in [0.4, 0.5) is 0 Å². The molecule has 10 aromatic carbocycles. The first-order chi connectivity index (χ1) is 28.2. The molecule has 1 aromatic heterocycles. The minimum atomic E-state index is -0.399. The van der Waals surface area contributed by atoms with Crippen LogP contribution in [0.3, 0.4) is 0 Å². The van der Waals surface area contributed by atoms with Gasteiger partial charge in [0.2, 0.25) is 0 Å². The molecule has 0 spiro atoms. The number of nitrogens with one attached hydrogen (secondary N) is 1. The third-order valence-electron chi connectivity index (χ3n) is 11.7. The van der Waals surface area contributed by atoms with E-state index in [1.807, 2.05) is 18.2 Å². The summed E-state index contributed by atoms with van der Waals surface area (Å²) < 4.78 is 6.67. The Labute approximate surface area is 328 Å². The summed E-state index contributed by atoms with van der Waals surface area (Å²) in [5.41, 5.74) is 6.96. The Balaban J connectivity index is 0.982. The van der Waals surface area contributed by atoms with Gasteiger partial charge in [-0.2, -0.15) is 0 Å². The molecule has 1 aliphatic rings. The highest BCUT2D eigenvalue weighted by molar-refractivity contribution is 6.26. The highest BCUT2D eigenvalue weighted by Gasteiger charge is 2.25. The van der Waals surface area contributed by atoms with Gasteiger partial charge in [-0.15, -0.1) is 0 Å². The van der Waals surface area contributed by atoms with Crippen LogP contribution in [0.25, 0.3) is 86.9 Å². The van der Waals surface area contributed by atoms with Gasteiger partial charge in [-0.3, -0.25) is 0 Å². The van der Waals surface area contributed by atoms with E-state index in [1.54, 1.807) is 0 Å². The number of benzene rings is 10. The van der Waals surface area contributed by atoms with E-state index >= 15 is 0 Å². The van der Waals surface area contributed by atoms with E-state index in [9.17, 15) is 0 Å². The van der Waals surface area contributed by atoms with Crippen LogP contribution in [0, 0.1) is 0 Å². The van der Waals surface area contributed by atoms with E-state index in [4.69, 9.17) is 14.4 Å². The number of hydrogen-bond donors (Lipinski definition) is 1. The van der Waals surface area contributed by atoms with Gasteiger partial charge in [0, 0.05) is 27.5 Å². The molecule has 0 saturated heterocycles. The van der Waals surface area contributed by atoms with Gasteiger partial charge in [0.25, 0.3) is 0 Å². The number of fused-ring (bicyclic) bond motifs is 12. The maximum absolute atomic E-state index is 6.67. The lowest BCUT2D eigenvalue weighted by atomic mass is 9.92. The zero-order valence-electron chi connectivity index (χ0n) is 30.8. The lowest BCUT2D eigenvalue weighted by Crippen LogP contribution is -2.33. The van der Waals surface area contributed by atoms with E-state index in [0.29, 0.717) is 5.84 Å². The van der Waals surface area contributed by atoms with Gasteiger partial charge < -0.3 is 9.73 Å². The van der Waals surface area contributed by atoms with Crippen LogP contribution in [-0.2, 0) is 0 Å². The number of rotatable bonds is 4. The van der Waals surface area contributed by atoms with Crippen LogP contribution < -0.4 is 5.32 Å². The summed E-state index contributed by atoms with van der Waals surface area (Å²) in [6.07, 6.45) is -0.399. The van der Waals surface area contributed by atoms with Gasteiger partial charge >= 0.3 is 0 Å². The first-order valence-electron chi connectivity index (χ1n) is 19.4. The fraction of sp³-hybridized carbons (Fsp3) is 0.0189. The predicted molar refractivity (Wildman–Crippen MR) is 239 cm³/mol. The molecule has 4 heteroatoms. The minimum absolute atomic E-state index is 0.399. The second-order valence-electron chi connectivity index (χ2n) is 14.9. The van der Waals surface area contributed by atoms with Crippen molar-refractivity contribution < 1.29 is 4.42 Å². The van der Waals surface area contributed by atoms with Crippen molar-refractivity contribution in [2.45, 2.75) is 6.17 Å². The molecule has 12 rings (SSSR count). The molecule has 1 unspecified atom stereocenters. The fourth-order valence-electron chi connectivity index (χ4n) is 8.97. The van der Waals surface area contributed by atoms with Crippen molar-refractivity contribution in [3.8, 4) is 11.1 Å². The molecule has 57 heavy (non-hydrogen) atoms. The highest BCUT2D eigenvalue weighted by Crippen LogP contribution is 2.40. The van der Waals surface area contributed by atoms with Gasteiger partial charge in [0.15, 0.2) is 5.84 Å². The molecule has 0 amide bonds. The summed E-state index contributed by atoms with van der Waals surface area (Å²) in [4.78, 5) is 10.4. The zero-order valence-corrected chi connectivity index (χ0v) is 30.8. The summed E-state index contributed by atoms with van der Waals surface area (Å²) in [7, 11) is 0. The summed E-state index contributed by atoms with van der Waals surface area (Å²) in [6.45, 7) is 0. The molecule has 0 saturated carbocycles. The second-order valence-corrected chi connectivity index (χ2v) is 14.9. The average molecular weight is 728 g/mol. The monoisotopic (exact) mass is 727 g/mol. The van der Waals surface area contributed by atoms with Crippen molar-refractivity contribution >= 4 is 87.5 Å². The van der Waals surface area contributed by atoms with Crippen LogP contribution in [0.1, 0.15) is 22.9 Å². The molecule has 0 fully saturated rings. The largest absolute Gasteiger partial charge is 0.456 e. The van der Waals surface area contributed by atoms with Gasteiger partial charge in [-0.1, -0.05) is 158 Å². The smallest absolute Gasteiger partial charge is 0.159 e. The number of aliphatic imine (C=N–C) groups is 2. The van der Waals surface area contributed by atoms with Crippen molar-refractivity contribution in [1.29, 1.82) is 0 Å². The van der Waals surface area contributed by atoms with Gasteiger partial charge in [-0.05, 0) is 95.3 Å². The molecule has 11 aromatic rings. The molecule has 2 heterocycles. The van der Waals surface area contributed by atoms with Crippen molar-refractivity contribution in [1.82, 2.24) is 5.32 Å². The van der Waals surface area contributed by atoms with Crippen LogP contribution in [0.15, 0.2) is 202 Å². The number of amidine groups is 2. The number of furan rings is 1. The maximum atomic E-state index is 6.67. The van der Waals surface area contributed by atoms with Gasteiger partial charge in [0.1, 0.15) is 23.2 Å². The van der Waals surface area contributed by atoms with E-state index in [-0.39, 0.29) is 0 Å². The quantitative estimate of drug-likeness (QED) is 0.184. The normalized spacial score (nSPS) is 14.5. The molecular weight excluding hydrogens is 695 g/mol. The third kappa shape index (κ3) is 5.08. The lowest BCUT2D eigenvalue weighted by molar-refractivity contribution is 0.662. The molecular formula is C53H33N3O. The van der Waals surface area contributed by atoms with Crippen molar-refractivity contribution in [3.63, 3.8) is 0 Å². The Kier molecular flexibility index (Phi) is 6.96. The Morgan fingerprint density at radius 1 is 0.386 bits per heavy atom. The van der Waals surface area contributed by atoms with Crippen molar-refractivity contribution in [3.05, 3.63) is 205 Å². The Bertz CT molecular complexity index is 3470. The van der Waals surface area contributed by atoms with E-state index in [2.05, 4.69) is 175 Å². The first-order valence-corrected chi connectivity index (χ1v) is 19.4. The topological polar surface area (TPSA) is 49.9 Å². The molecule has 0 aliphatic carbocycles. The molecule has 266 valence electrons. The Morgan fingerprint density at radius 2 is 0.965 bits per heavy atom. The Hall–Kier alpha value is -7.56. The summed E-state index contributed by atoms with van der Waals surface area (Å²) in [5, 5.41) is 18.3. The Morgan fingerprint density at radius 3 is 1.74 bits per heavy atom. The molecule has 4 nitrogen and oxygen atoms in total. The third-order valence-corrected chi connectivity index (χ3v) is 11.7. The van der Waals surface area contributed by atoms with Gasteiger partial charge in [-0.25, -0.2) is 9.98 Å². The highest BCUT2D eigenvalue weighted by atomic mass is 16.3. The lowest BCUT2D eigenvalue weighted by Gasteiger charge is -2.24. The van der Waals surface area contributed by atoms with Crippen molar-refractivity contribution in [2.75, 3.05) is 0 Å². The standard InChI is InChI=1S/C53H33N3O/c1-2-12-34(13-3-1)51-54-52(37-24-23-33-22-21-32-11-4-5-14-38(32)46(33)30-37)56-53(55-51)45-19-10-20-48-50(45)44-28-26-36(31-49(44)57-48)35-25-27-43-41-17-7-6-15-39(41)40-16-8-9-18-42(40)47(43)29-35/h1-31,53H,(H,54,55,56). The van der Waals surface area contributed by atoms with Crippen LogP contribution in [0.5, 0.6) is 0 Å². The number of nitrogens with zero attached hydrogens (tertiary/aromatic N) is 2. The fourth-order valence-corrected chi connectivity index (χ4v) is 8.97. The van der Waals surface area contributed by atoms with E-state index < -0.39 is 6.17 Å². The molecule has 1 aliphatic heterocycles. The number of hydrogen-bond acceptors (Lipinski definition) is 4. The van der Waals surface area contributed by atoms with Crippen molar-refractivity contribution in [2.24, 2.45) is 9.98 Å². The minimum Gasteiger partial charge on any atom is -0.456 e. The summed E-state index contributed by atoms with van der Waals surface area (Å²) in [5.74, 6) is 1.48. The summed E-state index contributed by atoms with van der Waals surface area (Å²) in [6, 6.07) is 66.9. The SMILES string of the molecule is c1ccc(C2=NC(c3cccc4oc5cc(-c6ccc7c8ccccc8c8ccccc8c7c6)ccc5c34)NC(c3ccc4ccc5ccccc5c4c3)=N2)cc1. The summed E-state index contributed by atoms with van der Waals surface area (Å²) >= 11 is 0. The predicted octanol–water partition coefficient (Wildman–Crippen LogP) is 13.5. The van der Waals surface area contributed by atoms with Crippen LogP contribution in [-0.4, -0.2) is 11.7 Å². The van der Waals surface area contributed by atoms with Crippen LogP contribution in [0.2, 0.25) is 0 Å². The first kappa shape index (κ1) is 31.8. The zero-order chi connectivity index (χ0) is 37.5. The van der Waals surface area contributed by atoms with E-state index in [1.165, 1.54) is 53.9 Å².